The van der Waals surface area contributed by atoms with E-state index in [4.69, 9.17) is 5.73 Å². The normalized spacial score (nSPS) is 17.4. The maximum absolute atomic E-state index is 12.6. The van der Waals surface area contributed by atoms with Crippen molar-refractivity contribution >= 4 is 22.4 Å². The second-order valence-corrected chi connectivity index (χ2v) is 7.87. The molecule has 0 saturated carbocycles. The Morgan fingerprint density at radius 3 is 2.76 bits per heavy atom. The number of nitrogens with two attached hydrogens (primary N) is 1. The van der Waals surface area contributed by atoms with Crippen LogP contribution in [0.1, 0.15) is 39.4 Å². The first kappa shape index (κ1) is 18.4. The summed E-state index contributed by atoms with van der Waals surface area (Å²) < 4.78 is 29.7. The highest BCUT2D eigenvalue weighted by Crippen LogP contribution is 2.23. The Morgan fingerprint density at radius 1 is 1.52 bits per heavy atom. The summed E-state index contributed by atoms with van der Waals surface area (Å²) in [5.74, 6) is 1.21. The summed E-state index contributed by atoms with van der Waals surface area (Å²) in [5, 5.41) is 0.258. The summed E-state index contributed by atoms with van der Waals surface area (Å²) in [7, 11) is -3.59. The summed E-state index contributed by atoms with van der Waals surface area (Å²) in [6.07, 6.45) is 3.94. The topological polar surface area (TPSA) is 90.0 Å². The monoisotopic (exact) mass is 336 g/mol. The Bertz CT molecular complexity index is 585. The van der Waals surface area contributed by atoms with Gasteiger partial charge in [0.05, 0.1) is 6.20 Å². The molecule has 1 unspecified atom stereocenters. The van der Waals surface area contributed by atoms with Crippen LogP contribution >= 0.6 is 12.4 Å². The lowest BCUT2D eigenvalue weighted by Gasteiger charge is -2.30. The zero-order valence-corrected chi connectivity index (χ0v) is 14.4. The highest BCUT2D eigenvalue weighted by molar-refractivity contribution is 7.89. The fourth-order valence-electron chi connectivity index (χ4n) is 2.89. The maximum atomic E-state index is 12.6. The molecule has 1 aromatic heterocycles. The Morgan fingerprint density at radius 2 is 2.19 bits per heavy atom. The van der Waals surface area contributed by atoms with Gasteiger partial charge in [0.2, 0.25) is 0 Å². The molecular weight excluding hydrogens is 312 g/mol. The van der Waals surface area contributed by atoms with E-state index in [1.54, 1.807) is 4.57 Å². The highest BCUT2D eigenvalue weighted by atomic mass is 35.5. The van der Waals surface area contributed by atoms with Gasteiger partial charge in [0.15, 0.2) is 5.03 Å². The molecule has 1 aliphatic rings. The van der Waals surface area contributed by atoms with Gasteiger partial charge in [0.1, 0.15) is 5.82 Å². The number of aromatic nitrogens is 2. The van der Waals surface area contributed by atoms with Crippen LogP contribution in [0.5, 0.6) is 0 Å². The molecule has 1 atom stereocenters. The SMILES string of the molecule is CC(C)CC(C)(CN)NS(=O)(=O)c1cnc2n1CCC2.Cl. The van der Waals surface area contributed by atoms with Crippen LogP contribution in [0.4, 0.5) is 0 Å². The van der Waals surface area contributed by atoms with Gasteiger partial charge in [-0.05, 0) is 25.7 Å². The molecule has 0 aromatic carbocycles. The largest absolute Gasteiger partial charge is 0.329 e. The van der Waals surface area contributed by atoms with Gasteiger partial charge in [-0.2, -0.15) is 0 Å². The van der Waals surface area contributed by atoms with Gasteiger partial charge < -0.3 is 10.3 Å². The van der Waals surface area contributed by atoms with Crippen molar-refractivity contribution in [3.05, 3.63) is 12.0 Å². The summed E-state index contributed by atoms with van der Waals surface area (Å²) in [6, 6.07) is 0. The molecule has 0 bridgehead atoms. The van der Waals surface area contributed by atoms with Crippen molar-refractivity contribution in [3.8, 4) is 0 Å². The molecule has 0 spiro atoms. The Kier molecular flexibility index (Phi) is 5.83. The van der Waals surface area contributed by atoms with Gasteiger partial charge in [0.25, 0.3) is 10.0 Å². The zero-order chi connectivity index (χ0) is 15.0. The van der Waals surface area contributed by atoms with Gasteiger partial charge in [-0.3, -0.25) is 0 Å². The summed E-state index contributed by atoms with van der Waals surface area (Å²) in [4.78, 5) is 4.19. The minimum atomic E-state index is -3.59. The number of hydrogen-bond donors (Lipinski definition) is 2. The molecule has 8 heteroatoms. The van der Waals surface area contributed by atoms with Gasteiger partial charge >= 0.3 is 0 Å². The number of halogens is 1. The predicted molar refractivity (Wildman–Crippen MR) is 85.0 cm³/mol. The van der Waals surface area contributed by atoms with Crippen molar-refractivity contribution in [1.29, 1.82) is 0 Å². The molecule has 6 nitrogen and oxygen atoms in total. The molecule has 122 valence electrons. The summed E-state index contributed by atoms with van der Waals surface area (Å²) >= 11 is 0. The van der Waals surface area contributed by atoms with E-state index >= 15 is 0 Å². The molecule has 0 saturated heterocycles. The van der Waals surface area contributed by atoms with Gasteiger partial charge in [-0.25, -0.2) is 18.1 Å². The van der Waals surface area contributed by atoms with E-state index in [0.29, 0.717) is 12.3 Å². The van der Waals surface area contributed by atoms with Gasteiger partial charge in [-0.1, -0.05) is 13.8 Å². The maximum Gasteiger partial charge on any atom is 0.258 e. The first-order valence-corrected chi connectivity index (χ1v) is 8.54. The van der Waals surface area contributed by atoms with Crippen LogP contribution in [-0.4, -0.2) is 30.1 Å². The van der Waals surface area contributed by atoms with Gasteiger partial charge in [-0.15, -0.1) is 12.4 Å². The van der Waals surface area contributed by atoms with E-state index in [1.165, 1.54) is 6.20 Å². The van der Waals surface area contributed by atoms with Gasteiger partial charge in [0, 0.05) is 25.0 Å². The molecule has 0 fully saturated rings. The minimum absolute atomic E-state index is 0. The fraction of sp³-hybridized carbons (Fsp3) is 0.769. The lowest BCUT2D eigenvalue weighted by molar-refractivity contribution is 0.343. The second-order valence-electron chi connectivity index (χ2n) is 6.24. The lowest BCUT2D eigenvalue weighted by atomic mass is 9.92. The number of imidazole rings is 1. The Balaban J connectivity index is 0.00000220. The quantitative estimate of drug-likeness (QED) is 0.819. The average Bonchev–Trinajstić information content (AvgIpc) is 2.87. The molecule has 2 rings (SSSR count). The van der Waals surface area contributed by atoms with Crippen LogP contribution in [-0.2, 0) is 23.0 Å². The minimum Gasteiger partial charge on any atom is -0.329 e. The third-order valence-corrected chi connectivity index (χ3v) is 5.29. The molecule has 3 N–H and O–H groups in total. The van der Waals surface area contributed by atoms with E-state index in [0.717, 1.165) is 25.2 Å². The van der Waals surface area contributed by atoms with E-state index in [1.807, 2.05) is 6.92 Å². The third kappa shape index (κ3) is 3.97. The standard InChI is InChI=1S/C13H24N4O2S.ClH/c1-10(2)7-13(3,9-14)16-20(18,19)12-8-15-11-5-4-6-17(11)12;/h8,10,16H,4-7,9,14H2,1-3H3;1H. The Labute approximate surface area is 133 Å². The molecule has 0 radical (unpaired) electrons. The summed E-state index contributed by atoms with van der Waals surface area (Å²) in [5.41, 5.74) is 5.15. The molecule has 1 aromatic rings. The number of nitrogens with zero attached hydrogens (tertiary/aromatic N) is 2. The van der Waals surface area contributed by atoms with E-state index < -0.39 is 15.6 Å². The van der Waals surface area contributed by atoms with E-state index in [-0.39, 0.29) is 24.0 Å². The number of fused-ring (bicyclic) bond motifs is 1. The van der Waals surface area contributed by atoms with Crippen LogP contribution < -0.4 is 10.5 Å². The number of rotatable bonds is 6. The highest BCUT2D eigenvalue weighted by Gasteiger charge is 2.33. The van der Waals surface area contributed by atoms with E-state index in [9.17, 15) is 8.42 Å². The van der Waals surface area contributed by atoms with Crippen LogP contribution in [0.2, 0.25) is 0 Å². The number of hydrogen-bond acceptors (Lipinski definition) is 4. The van der Waals surface area contributed by atoms with Crippen molar-refractivity contribution in [2.75, 3.05) is 6.54 Å². The number of nitrogens with one attached hydrogen (secondary N) is 1. The van der Waals surface area contributed by atoms with Crippen LogP contribution in [0.3, 0.4) is 0 Å². The molecule has 21 heavy (non-hydrogen) atoms. The van der Waals surface area contributed by atoms with Crippen molar-refractivity contribution < 1.29 is 8.42 Å². The first-order valence-electron chi connectivity index (χ1n) is 7.06. The van der Waals surface area contributed by atoms with E-state index in [2.05, 4.69) is 23.6 Å². The smallest absolute Gasteiger partial charge is 0.258 e. The number of aryl methyl sites for hydroxylation is 1. The second kappa shape index (κ2) is 6.64. The molecule has 1 aliphatic heterocycles. The van der Waals surface area contributed by atoms with Crippen LogP contribution in [0.15, 0.2) is 11.2 Å². The first-order chi connectivity index (χ1) is 9.27. The van der Waals surface area contributed by atoms with Crippen LogP contribution in [0.25, 0.3) is 0 Å². The van der Waals surface area contributed by atoms with Crippen molar-refractivity contribution in [2.24, 2.45) is 11.7 Å². The zero-order valence-electron chi connectivity index (χ0n) is 12.8. The predicted octanol–water partition coefficient (Wildman–Crippen LogP) is 1.29. The van der Waals surface area contributed by atoms with Crippen molar-refractivity contribution in [1.82, 2.24) is 14.3 Å². The molecule has 2 heterocycles. The molecule has 0 aliphatic carbocycles. The van der Waals surface area contributed by atoms with Crippen molar-refractivity contribution in [3.63, 3.8) is 0 Å². The fourth-order valence-corrected chi connectivity index (χ4v) is 4.49. The average molecular weight is 337 g/mol. The van der Waals surface area contributed by atoms with Crippen molar-refractivity contribution in [2.45, 2.75) is 57.1 Å². The third-order valence-electron chi connectivity index (χ3n) is 3.65. The molecular formula is C13H25ClN4O2S. The van der Waals surface area contributed by atoms with Crippen LogP contribution in [0, 0.1) is 5.92 Å². The lowest BCUT2D eigenvalue weighted by Crippen LogP contribution is -2.52. The molecule has 0 amide bonds. The summed E-state index contributed by atoms with van der Waals surface area (Å²) in [6.45, 7) is 6.95. The Hall–Kier alpha value is -0.630. The number of sulfonamides is 1.